The van der Waals surface area contributed by atoms with E-state index in [1.165, 1.54) is 12.1 Å². The molecule has 1 saturated heterocycles. The Morgan fingerprint density at radius 3 is 2.66 bits per heavy atom. The molecule has 184 valence electrons. The summed E-state index contributed by atoms with van der Waals surface area (Å²) in [6.07, 6.45) is 4.53. The lowest BCUT2D eigenvalue weighted by atomic mass is 10.0. The van der Waals surface area contributed by atoms with Crippen molar-refractivity contribution in [2.75, 3.05) is 25.5 Å². The van der Waals surface area contributed by atoms with Gasteiger partial charge in [0, 0.05) is 29.6 Å². The van der Waals surface area contributed by atoms with Crippen molar-refractivity contribution >= 4 is 22.6 Å². The minimum absolute atomic E-state index is 0.0600. The number of hydrogen-bond donors (Lipinski definition) is 2. The second kappa shape index (κ2) is 10.4. The molecule has 1 aromatic heterocycles. The van der Waals surface area contributed by atoms with Crippen LogP contribution in [0.4, 0.5) is 5.69 Å². The zero-order chi connectivity index (χ0) is 25.1. The maximum absolute atomic E-state index is 12.9. The number of benzene rings is 2. The number of carbonyl (C=O) groups excluding carboxylic acids is 1. The summed E-state index contributed by atoms with van der Waals surface area (Å²) in [5, 5.41) is 13.5. The number of piperidine rings is 1. The van der Waals surface area contributed by atoms with Crippen LogP contribution in [0.5, 0.6) is 11.5 Å². The molecule has 7 heteroatoms. The standard InChI is InChI=1S/C28H32N2O5/c1-17(2)5-6-19-15-21(7-9-24(19)31)27(32)29-23-16-20-8-10-25(18(3)26(20)35-28(23)33)34-22-11-13-30(4)14-12-22/h5,7-10,15-16,22,31H,6,11-14H2,1-4H3,(H,29,32). The number of hydrogen-bond acceptors (Lipinski definition) is 6. The molecule has 0 radical (unpaired) electrons. The number of likely N-dealkylation sites (tertiary alicyclic amines) is 1. The maximum Gasteiger partial charge on any atom is 0.360 e. The zero-order valence-corrected chi connectivity index (χ0v) is 20.7. The van der Waals surface area contributed by atoms with Crippen molar-refractivity contribution in [1.29, 1.82) is 0 Å². The second-order valence-electron chi connectivity index (χ2n) is 9.46. The number of anilines is 1. The number of aromatic hydroxyl groups is 1. The zero-order valence-electron chi connectivity index (χ0n) is 20.7. The molecule has 1 fully saturated rings. The minimum atomic E-state index is -0.631. The molecule has 3 aromatic rings. The van der Waals surface area contributed by atoms with Crippen LogP contribution in [0.2, 0.25) is 0 Å². The van der Waals surface area contributed by atoms with Gasteiger partial charge in [0.25, 0.3) is 5.91 Å². The minimum Gasteiger partial charge on any atom is -0.508 e. The number of carbonyl (C=O) groups is 1. The van der Waals surface area contributed by atoms with Crippen LogP contribution in [0.1, 0.15) is 48.2 Å². The van der Waals surface area contributed by atoms with Gasteiger partial charge in [0.2, 0.25) is 0 Å². The van der Waals surface area contributed by atoms with Gasteiger partial charge in [-0.2, -0.15) is 0 Å². The molecule has 0 atom stereocenters. The number of ether oxygens (including phenoxy) is 1. The Balaban J connectivity index is 1.55. The lowest BCUT2D eigenvalue weighted by Gasteiger charge is -2.29. The van der Waals surface area contributed by atoms with E-state index < -0.39 is 11.5 Å². The summed E-state index contributed by atoms with van der Waals surface area (Å²) in [6.45, 7) is 7.80. The number of phenolic OH excluding ortho intramolecular Hbond substituents is 1. The van der Waals surface area contributed by atoms with E-state index in [2.05, 4.69) is 17.3 Å². The van der Waals surface area contributed by atoms with Crippen LogP contribution >= 0.6 is 0 Å². The lowest BCUT2D eigenvalue weighted by molar-refractivity contribution is 0.102. The fraction of sp³-hybridized carbons (Fsp3) is 0.357. The summed E-state index contributed by atoms with van der Waals surface area (Å²) in [4.78, 5) is 27.9. The molecule has 0 saturated carbocycles. The van der Waals surface area contributed by atoms with E-state index in [9.17, 15) is 14.7 Å². The third-order valence-electron chi connectivity index (χ3n) is 6.38. The predicted molar refractivity (Wildman–Crippen MR) is 138 cm³/mol. The van der Waals surface area contributed by atoms with Crippen LogP contribution in [0.25, 0.3) is 11.0 Å². The van der Waals surface area contributed by atoms with E-state index in [-0.39, 0.29) is 17.5 Å². The summed E-state index contributed by atoms with van der Waals surface area (Å²) in [7, 11) is 2.10. The first-order valence-corrected chi connectivity index (χ1v) is 11.9. The monoisotopic (exact) mass is 476 g/mol. The quantitative estimate of drug-likeness (QED) is 0.383. The van der Waals surface area contributed by atoms with Crippen LogP contribution in [0, 0.1) is 6.92 Å². The molecule has 0 aliphatic carbocycles. The Morgan fingerprint density at radius 1 is 1.20 bits per heavy atom. The molecular formula is C28H32N2O5. The van der Waals surface area contributed by atoms with Crippen molar-refractivity contribution < 1.29 is 19.1 Å². The first kappa shape index (κ1) is 24.5. The van der Waals surface area contributed by atoms with Crippen LogP contribution in [-0.2, 0) is 6.42 Å². The van der Waals surface area contributed by atoms with Crippen LogP contribution in [-0.4, -0.2) is 42.2 Å². The van der Waals surface area contributed by atoms with Gasteiger partial charge in [0.1, 0.15) is 28.9 Å². The fourth-order valence-corrected chi connectivity index (χ4v) is 4.20. The predicted octanol–water partition coefficient (Wildman–Crippen LogP) is 5.04. The number of aryl methyl sites for hydroxylation is 1. The number of phenols is 1. The molecule has 1 amide bonds. The summed E-state index contributed by atoms with van der Waals surface area (Å²) < 4.78 is 11.8. The third-order valence-corrected chi connectivity index (χ3v) is 6.38. The Morgan fingerprint density at radius 2 is 1.94 bits per heavy atom. The normalized spacial score (nSPS) is 14.6. The van der Waals surface area contributed by atoms with E-state index in [1.54, 1.807) is 12.1 Å². The van der Waals surface area contributed by atoms with Gasteiger partial charge < -0.3 is 24.5 Å². The van der Waals surface area contributed by atoms with E-state index in [4.69, 9.17) is 9.15 Å². The highest BCUT2D eigenvalue weighted by Gasteiger charge is 2.20. The van der Waals surface area contributed by atoms with Gasteiger partial charge in [-0.15, -0.1) is 0 Å². The van der Waals surface area contributed by atoms with Crippen LogP contribution in [0.15, 0.2) is 57.3 Å². The number of rotatable bonds is 6. The van der Waals surface area contributed by atoms with Crippen molar-refractivity contribution in [2.24, 2.45) is 0 Å². The van der Waals surface area contributed by atoms with E-state index in [0.717, 1.165) is 37.1 Å². The molecule has 2 aromatic carbocycles. The summed E-state index contributed by atoms with van der Waals surface area (Å²) in [5.74, 6) is 0.382. The van der Waals surface area contributed by atoms with Crippen molar-refractivity contribution in [3.63, 3.8) is 0 Å². The number of amides is 1. The summed E-state index contributed by atoms with van der Waals surface area (Å²) in [6, 6.07) is 9.98. The molecule has 35 heavy (non-hydrogen) atoms. The Hall–Kier alpha value is -3.58. The molecule has 4 rings (SSSR count). The number of nitrogens with one attached hydrogen (secondary N) is 1. The number of allylic oxidation sites excluding steroid dienone is 2. The summed E-state index contributed by atoms with van der Waals surface area (Å²) in [5.41, 5.74) is 2.74. The smallest absolute Gasteiger partial charge is 0.360 e. The molecule has 1 aliphatic heterocycles. The Labute approximate surface area is 205 Å². The molecule has 2 N–H and O–H groups in total. The molecule has 0 unspecified atom stereocenters. The first-order chi connectivity index (χ1) is 16.7. The highest BCUT2D eigenvalue weighted by atomic mass is 16.5. The van der Waals surface area contributed by atoms with Gasteiger partial charge >= 0.3 is 5.63 Å². The molecular weight excluding hydrogens is 444 g/mol. The van der Waals surface area contributed by atoms with Gasteiger partial charge in [-0.05, 0) is 89.0 Å². The molecule has 0 bridgehead atoms. The highest BCUT2D eigenvalue weighted by Crippen LogP contribution is 2.30. The Kier molecular flexibility index (Phi) is 7.26. The van der Waals surface area contributed by atoms with E-state index in [0.29, 0.717) is 34.3 Å². The molecule has 0 spiro atoms. The van der Waals surface area contributed by atoms with E-state index >= 15 is 0 Å². The fourth-order valence-electron chi connectivity index (χ4n) is 4.20. The van der Waals surface area contributed by atoms with Crippen molar-refractivity contribution in [2.45, 2.75) is 46.1 Å². The first-order valence-electron chi connectivity index (χ1n) is 11.9. The number of nitrogens with zero attached hydrogens (tertiary/aromatic N) is 1. The van der Waals surface area contributed by atoms with Gasteiger partial charge in [0.05, 0.1) is 0 Å². The van der Waals surface area contributed by atoms with Gasteiger partial charge in [-0.1, -0.05) is 11.6 Å². The van der Waals surface area contributed by atoms with Crippen LogP contribution in [0.3, 0.4) is 0 Å². The SMILES string of the molecule is CC(C)=CCc1cc(C(=O)Nc2cc3ccc(OC4CCN(C)CC4)c(C)c3oc2=O)ccc1O. The topological polar surface area (TPSA) is 92.0 Å². The van der Waals surface area contributed by atoms with Crippen molar-refractivity contribution in [1.82, 2.24) is 4.90 Å². The second-order valence-corrected chi connectivity index (χ2v) is 9.46. The summed E-state index contributed by atoms with van der Waals surface area (Å²) >= 11 is 0. The van der Waals surface area contributed by atoms with Crippen LogP contribution < -0.4 is 15.7 Å². The highest BCUT2D eigenvalue weighted by molar-refractivity contribution is 6.05. The molecule has 2 heterocycles. The average molecular weight is 477 g/mol. The van der Waals surface area contributed by atoms with E-state index in [1.807, 2.05) is 39.0 Å². The molecule has 1 aliphatic rings. The third kappa shape index (κ3) is 5.74. The van der Waals surface area contributed by atoms with Gasteiger partial charge in [-0.25, -0.2) is 4.79 Å². The molecule has 7 nitrogen and oxygen atoms in total. The van der Waals surface area contributed by atoms with Gasteiger partial charge in [-0.3, -0.25) is 4.79 Å². The maximum atomic E-state index is 12.9. The van der Waals surface area contributed by atoms with Crippen molar-refractivity contribution in [3.8, 4) is 11.5 Å². The largest absolute Gasteiger partial charge is 0.508 e. The van der Waals surface area contributed by atoms with Crippen molar-refractivity contribution in [3.05, 3.63) is 75.2 Å². The lowest BCUT2D eigenvalue weighted by Crippen LogP contribution is -2.35. The van der Waals surface area contributed by atoms with Gasteiger partial charge in [0.15, 0.2) is 0 Å². The Bertz CT molecular complexity index is 1330. The number of fused-ring (bicyclic) bond motifs is 1. The average Bonchev–Trinajstić information content (AvgIpc) is 2.82.